The number of thiophene rings is 1. The Kier molecular flexibility index (Phi) is 1.68. The van der Waals surface area contributed by atoms with Crippen molar-refractivity contribution >= 4 is 17.3 Å². The maximum Gasteiger partial charge on any atom is 0.336 e. The third kappa shape index (κ3) is 1.25. The summed E-state index contributed by atoms with van der Waals surface area (Å²) in [5.74, 6) is -0.226. The molecule has 3 heteroatoms. The number of carboxylic acid groups (broad SMARTS) is 1. The van der Waals surface area contributed by atoms with E-state index in [4.69, 9.17) is 5.11 Å². The summed E-state index contributed by atoms with van der Waals surface area (Å²) in [7, 11) is 0. The van der Waals surface area contributed by atoms with Crippen molar-refractivity contribution in [1.82, 2.24) is 0 Å². The van der Waals surface area contributed by atoms with Gasteiger partial charge in [-0.2, -0.15) is 0 Å². The lowest BCUT2D eigenvalue weighted by Crippen LogP contribution is -1.96. The molecule has 2 rings (SSSR count). The summed E-state index contributed by atoms with van der Waals surface area (Å²) >= 11 is 1.63. The van der Waals surface area contributed by atoms with E-state index in [2.05, 4.69) is 0 Å². The van der Waals surface area contributed by atoms with Gasteiger partial charge in [0.1, 0.15) is 0 Å². The second-order valence-corrected chi connectivity index (χ2v) is 4.50. The summed E-state index contributed by atoms with van der Waals surface area (Å²) in [6.45, 7) is 1.96. The molecule has 0 radical (unpaired) electrons. The van der Waals surface area contributed by atoms with Crippen LogP contribution in [0.15, 0.2) is 6.07 Å². The van der Waals surface area contributed by atoms with Gasteiger partial charge in [0, 0.05) is 9.75 Å². The minimum Gasteiger partial charge on any atom is -0.478 e. The maximum absolute atomic E-state index is 10.8. The minimum absolute atomic E-state index is 0.528. The predicted molar refractivity (Wildman–Crippen MR) is 48.0 cm³/mol. The van der Waals surface area contributed by atoms with Gasteiger partial charge in [-0.3, -0.25) is 0 Å². The quantitative estimate of drug-likeness (QED) is 0.763. The molecule has 1 saturated carbocycles. The van der Waals surface area contributed by atoms with Gasteiger partial charge in [-0.15, -0.1) is 11.3 Å². The molecule has 64 valence electrons. The molecule has 1 aromatic rings. The Bertz CT molecular complexity index is 323. The zero-order valence-electron chi connectivity index (χ0n) is 6.83. The van der Waals surface area contributed by atoms with E-state index in [1.165, 1.54) is 12.8 Å². The molecule has 1 heterocycles. The van der Waals surface area contributed by atoms with Crippen molar-refractivity contribution in [3.05, 3.63) is 21.4 Å². The van der Waals surface area contributed by atoms with Crippen molar-refractivity contribution in [3.63, 3.8) is 0 Å². The lowest BCUT2D eigenvalue weighted by atomic mass is 10.2. The SMILES string of the molecule is Cc1cc(C(=O)O)c(C2CC2)s1. The lowest BCUT2D eigenvalue weighted by Gasteiger charge is -1.93. The van der Waals surface area contributed by atoms with Crippen LogP contribution in [-0.4, -0.2) is 11.1 Å². The molecule has 1 fully saturated rings. The van der Waals surface area contributed by atoms with Gasteiger partial charge in [-0.25, -0.2) is 4.79 Å². The predicted octanol–water partition coefficient (Wildman–Crippen LogP) is 2.63. The molecule has 12 heavy (non-hydrogen) atoms. The van der Waals surface area contributed by atoms with E-state index in [1.807, 2.05) is 6.92 Å². The van der Waals surface area contributed by atoms with Gasteiger partial charge < -0.3 is 5.11 Å². The van der Waals surface area contributed by atoms with Crippen molar-refractivity contribution in [1.29, 1.82) is 0 Å². The average Bonchev–Trinajstić information content (AvgIpc) is 2.75. The van der Waals surface area contributed by atoms with Crippen LogP contribution in [0.5, 0.6) is 0 Å². The van der Waals surface area contributed by atoms with Crippen molar-refractivity contribution in [2.24, 2.45) is 0 Å². The van der Waals surface area contributed by atoms with Gasteiger partial charge in [0.25, 0.3) is 0 Å². The monoisotopic (exact) mass is 182 g/mol. The van der Waals surface area contributed by atoms with E-state index in [9.17, 15) is 4.79 Å². The van der Waals surface area contributed by atoms with E-state index < -0.39 is 5.97 Å². The number of rotatable bonds is 2. The van der Waals surface area contributed by atoms with Crippen molar-refractivity contribution in [3.8, 4) is 0 Å². The van der Waals surface area contributed by atoms with Gasteiger partial charge >= 0.3 is 5.97 Å². The molecule has 0 bridgehead atoms. The highest BCUT2D eigenvalue weighted by Gasteiger charge is 2.29. The second kappa shape index (κ2) is 2.59. The average molecular weight is 182 g/mol. The molecular weight excluding hydrogens is 172 g/mol. The van der Waals surface area contributed by atoms with Crippen LogP contribution in [0.1, 0.15) is 38.9 Å². The van der Waals surface area contributed by atoms with E-state index >= 15 is 0 Å². The Morgan fingerprint density at radius 2 is 2.33 bits per heavy atom. The van der Waals surface area contributed by atoms with Crippen LogP contribution in [-0.2, 0) is 0 Å². The summed E-state index contributed by atoms with van der Waals surface area (Å²) in [4.78, 5) is 13.0. The first-order chi connectivity index (χ1) is 5.68. The highest BCUT2D eigenvalue weighted by molar-refractivity contribution is 7.12. The number of hydrogen-bond acceptors (Lipinski definition) is 2. The van der Waals surface area contributed by atoms with Gasteiger partial charge in [0.15, 0.2) is 0 Å². The van der Waals surface area contributed by atoms with Crippen LogP contribution in [0.4, 0.5) is 0 Å². The Hall–Kier alpha value is -0.830. The molecule has 0 spiro atoms. The van der Waals surface area contributed by atoms with E-state index in [-0.39, 0.29) is 0 Å². The normalized spacial score (nSPS) is 16.4. The number of aromatic carboxylic acids is 1. The Labute approximate surface area is 74.8 Å². The van der Waals surface area contributed by atoms with E-state index in [1.54, 1.807) is 17.4 Å². The first-order valence-electron chi connectivity index (χ1n) is 4.02. The van der Waals surface area contributed by atoms with Crippen molar-refractivity contribution in [2.45, 2.75) is 25.7 Å². The smallest absolute Gasteiger partial charge is 0.336 e. The van der Waals surface area contributed by atoms with Crippen LogP contribution in [0.3, 0.4) is 0 Å². The molecule has 0 saturated heterocycles. The number of aryl methyl sites for hydroxylation is 1. The highest BCUT2D eigenvalue weighted by atomic mass is 32.1. The summed E-state index contributed by atoms with van der Waals surface area (Å²) in [5.41, 5.74) is 0.528. The number of hydrogen-bond donors (Lipinski definition) is 1. The Morgan fingerprint density at radius 3 is 2.83 bits per heavy atom. The summed E-state index contributed by atoms with van der Waals surface area (Å²) in [6.07, 6.45) is 2.33. The van der Waals surface area contributed by atoms with Crippen LogP contribution < -0.4 is 0 Å². The first kappa shape index (κ1) is 7.80. The molecule has 0 aliphatic heterocycles. The maximum atomic E-state index is 10.8. The van der Waals surface area contributed by atoms with Gasteiger partial charge in [0.2, 0.25) is 0 Å². The molecule has 1 aliphatic carbocycles. The zero-order valence-corrected chi connectivity index (χ0v) is 7.65. The standard InChI is InChI=1S/C9H10O2S/c1-5-4-7(9(10)11)8(12-5)6-2-3-6/h4,6H,2-3H2,1H3,(H,10,11). The molecule has 0 unspecified atom stereocenters. The largest absolute Gasteiger partial charge is 0.478 e. The molecule has 1 N–H and O–H groups in total. The summed E-state index contributed by atoms with van der Waals surface area (Å²) < 4.78 is 0. The van der Waals surface area contributed by atoms with E-state index in [0.717, 1.165) is 9.75 Å². The molecule has 1 aromatic heterocycles. The minimum atomic E-state index is -0.777. The fourth-order valence-electron chi connectivity index (χ4n) is 1.35. The number of carbonyl (C=O) groups is 1. The van der Waals surface area contributed by atoms with Crippen LogP contribution in [0.25, 0.3) is 0 Å². The fourth-order valence-corrected chi connectivity index (χ4v) is 2.53. The number of carboxylic acids is 1. The van der Waals surface area contributed by atoms with Crippen molar-refractivity contribution < 1.29 is 9.90 Å². The molecule has 0 aromatic carbocycles. The Morgan fingerprint density at radius 1 is 1.67 bits per heavy atom. The molecule has 2 nitrogen and oxygen atoms in total. The third-order valence-corrected chi connectivity index (χ3v) is 3.28. The highest BCUT2D eigenvalue weighted by Crippen LogP contribution is 2.45. The molecule has 1 aliphatic rings. The van der Waals surface area contributed by atoms with Crippen molar-refractivity contribution in [2.75, 3.05) is 0 Å². The fraction of sp³-hybridized carbons (Fsp3) is 0.444. The van der Waals surface area contributed by atoms with Gasteiger partial charge in [-0.1, -0.05) is 0 Å². The molecule has 0 amide bonds. The van der Waals surface area contributed by atoms with E-state index in [0.29, 0.717) is 11.5 Å². The summed E-state index contributed by atoms with van der Waals surface area (Å²) in [6, 6.07) is 1.78. The second-order valence-electron chi connectivity index (χ2n) is 3.21. The molecular formula is C9H10O2S. The van der Waals surface area contributed by atoms with Crippen LogP contribution in [0, 0.1) is 6.92 Å². The van der Waals surface area contributed by atoms with Crippen LogP contribution >= 0.6 is 11.3 Å². The third-order valence-electron chi connectivity index (χ3n) is 2.06. The molecule has 0 atom stereocenters. The zero-order chi connectivity index (χ0) is 8.72. The van der Waals surface area contributed by atoms with Gasteiger partial charge in [0.05, 0.1) is 5.56 Å². The lowest BCUT2D eigenvalue weighted by molar-refractivity contribution is 0.0696. The van der Waals surface area contributed by atoms with Gasteiger partial charge in [-0.05, 0) is 31.7 Å². The Balaban J connectivity index is 2.43. The first-order valence-corrected chi connectivity index (χ1v) is 4.83. The summed E-state index contributed by atoms with van der Waals surface area (Å²) in [5, 5.41) is 8.86. The van der Waals surface area contributed by atoms with Crippen LogP contribution in [0.2, 0.25) is 0 Å². The topological polar surface area (TPSA) is 37.3 Å².